The van der Waals surface area contributed by atoms with Crippen LogP contribution in [0, 0.1) is 0 Å². The van der Waals surface area contributed by atoms with Crippen LogP contribution >= 0.6 is 27.5 Å². The lowest BCUT2D eigenvalue weighted by Crippen LogP contribution is -2.38. The second-order valence-electron chi connectivity index (χ2n) is 3.58. The molecule has 18 heavy (non-hydrogen) atoms. The highest BCUT2D eigenvalue weighted by atomic mass is 79.9. The Morgan fingerprint density at radius 3 is 3.06 bits per heavy atom. The summed E-state index contributed by atoms with van der Waals surface area (Å²) in [6.45, 7) is 1.07. The molecule has 1 N–H and O–H groups in total. The van der Waals surface area contributed by atoms with E-state index < -0.39 is 6.09 Å². The van der Waals surface area contributed by atoms with Crippen LogP contribution in [0.25, 0.3) is 0 Å². The highest BCUT2D eigenvalue weighted by Crippen LogP contribution is 2.26. The van der Waals surface area contributed by atoms with Gasteiger partial charge in [0.25, 0.3) is 0 Å². The quantitative estimate of drug-likeness (QED) is 0.860. The average molecular weight is 333 g/mol. The number of carbonyl (C=O) groups excluding carboxylic acids is 1. The Hall–Kier alpha value is -1.27. The van der Waals surface area contributed by atoms with E-state index in [0.717, 1.165) is 10.2 Å². The van der Waals surface area contributed by atoms with Crippen molar-refractivity contribution in [1.29, 1.82) is 0 Å². The maximum Gasteiger partial charge on any atom is 0.416 e. The normalized spacial score (nSPS) is 14.4. The number of benzene rings is 1. The second kappa shape index (κ2) is 5.58. The van der Waals surface area contributed by atoms with Crippen LogP contribution in [0.2, 0.25) is 5.02 Å². The first-order chi connectivity index (χ1) is 8.61. The van der Waals surface area contributed by atoms with Gasteiger partial charge in [-0.05, 0) is 34.1 Å². The molecule has 0 aromatic heterocycles. The summed E-state index contributed by atoms with van der Waals surface area (Å²) in [5.74, 6) is 0.477. The number of rotatable bonds is 1. The van der Waals surface area contributed by atoms with Crippen molar-refractivity contribution in [3.63, 3.8) is 0 Å². The summed E-state index contributed by atoms with van der Waals surface area (Å²) in [5, 5.41) is 3.70. The van der Waals surface area contributed by atoms with Gasteiger partial charge in [-0.3, -0.25) is 4.99 Å². The average Bonchev–Trinajstić information content (AvgIpc) is 2.80. The number of ether oxygens (including phenoxy) is 1. The number of hydrogen-bond donors (Lipinski definition) is 1. The van der Waals surface area contributed by atoms with Gasteiger partial charge in [-0.2, -0.15) is 0 Å². The summed E-state index contributed by atoms with van der Waals surface area (Å²) in [6, 6.07) is 5.33. The largest absolute Gasteiger partial charge is 0.452 e. The third-order valence-corrected chi connectivity index (χ3v) is 3.30. The number of methoxy groups -OCH3 is 1. The Labute approximate surface area is 118 Å². The zero-order valence-electron chi connectivity index (χ0n) is 9.61. The molecule has 0 bridgehead atoms. The first kappa shape index (κ1) is 13.2. The summed E-state index contributed by atoms with van der Waals surface area (Å²) < 4.78 is 5.49. The molecule has 5 nitrogen and oxygen atoms in total. The van der Waals surface area contributed by atoms with Crippen molar-refractivity contribution in [2.24, 2.45) is 4.99 Å². The highest BCUT2D eigenvalue weighted by molar-refractivity contribution is 9.10. The Balaban J connectivity index is 2.16. The maximum absolute atomic E-state index is 11.5. The van der Waals surface area contributed by atoms with Gasteiger partial charge in [0.05, 0.1) is 25.9 Å². The number of nitrogens with zero attached hydrogens (tertiary/aromatic N) is 2. The van der Waals surface area contributed by atoms with Crippen LogP contribution in [0.15, 0.2) is 27.7 Å². The minimum absolute atomic E-state index is 0.427. The van der Waals surface area contributed by atoms with E-state index in [9.17, 15) is 4.79 Å². The molecule has 96 valence electrons. The van der Waals surface area contributed by atoms with E-state index in [-0.39, 0.29) is 0 Å². The summed E-state index contributed by atoms with van der Waals surface area (Å²) in [4.78, 5) is 17.2. The van der Waals surface area contributed by atoms with Crippen LogP contribution in [-0.2, 0) is 4.74 Å². The van der Waals surface area contributed by atoms with E-state index in [2.05, 4.69) is 31.0 Å². The van der Waals surface area contributed by atoms with E-state index >= 15 is 0 Å². The third kappa shape index (κ3) is 2.76. The SMILES string of the molecule is COC(=O)N1CCN=C1Nc1ccc(Cl)cc1Br. The molecule has 1 heterocycles. The molecule has 0 unspecified atom stereocenters. The van der Waals surface area contributed by atoms with Gasteiger partial charge >= 0.3 is 6.09 Å². The van der Waals surface area contributed by atoms with Gasteiger partial charge < -0.3 is 10.1 Å². The lowest BCUT2D eigenvalue weighted by molar-refractivity contribution is 0.148. The first-order valence-electron chi connectivity index (χ1n) is 5.24. The third-order valence-electron chi connectivity index (χ3n) is 2.41. The minimum Gasteiger partial charge on any atom is -0.452 e. The number of halogens is 2. The number of nitrogens with one attached hydrogen (secondary N) is 1. The monoisotopic (exact) mass is 331 g/mol. The fourth-order valence-electron chi connectivity index (χ4n) is 1.55. The van der Waals surface area contributed by atoms with Crippen molar-refractivity contribution < 1.29 is 9.53 Å². The van der Waals surface area contributed by atoms with Crippen LogP contribution in [0.4, 0.5) is 10.5 Å². The van der Waals surface area contributed by atoms with Crippen molar-refractivity contribution in [2.45, 2.75) is 0 Å². The van der Waals surface area contributed by atoms with Gasteiger partial charge in [0.15, 0.2) is 0 Å². The Bertz CT molecular complexity index is 507. The maximum atomic E-state index is 11.5. The predicted molar refractivity (Wildman–Crippen MR) is 74.2 cm³/mol. The van der Waals surface area contributed by atoms with Crippen LogP contribution in [-0.4, -0.2) is 37.2 Å². The van der Waals surface area contributed by atoms with Gasteiger partial charge in [-0.25, -0.2) is 9.69 Å². The molecule has 0 radical (unpaired) electrons. The van der Waals surface area contributed by atoms with Gasteiger partial charge in [-0.15, -0.1) is 0 Å². The van der Waals surface area contributed by atoms with E-state index in [0.29, 0.717) is 24.1 Å². The predicted octanol–water partition coefficient (Wildman–Crippen LogP) is 2.95. The highest BCUT2D eigenvalue weighted by Gasteiger charge is 2.24. The molecule has 0 saturated heterocycles. The number of aliphatic imine (C=N–C) groups is 1. The molecule has 1 aromatic rings. The Kier molecular flexibility index (Phi) is 4.08. The topological polar surface area (TPSA) is 53.9 Å². The summed E-state index contributed by atoms with van der Waals surface area (Å²) in [6.07, 6.45) is -0.427. The van der Waals surface area contributed by atoms with E-state index in [1.165, 1.54) is 12.0 Å². The molecule has 0 spiro atoms. The molecule has 1 aliphatic rings. The molecule has 0 atom stereocenters. The number of amides is 1. The lowest BCUT2D eigenvalue weighted by atomic mass is 10.3. The van der Waals surface area contributed by atoms with E-state index in [4.69, 9.17) is 11.6 Å². The molecule has 0 aliphatic carbocycles. The molecule has 1 aliphatic heterocycles. The Morgan fingerprint density at radius 1 is 1.61 bits per heavy atom. The number of guanidine groups is 1. The number of hydrogen-bond acceptors (Lipinski definition) is 4. The van der Waals surface area contributed by atoms with Crippen LogP contribution in [0.5, 0.6) is 0 Å². The van der Waals surface area contributed by atoms with Gasteiger partial charge in [0.1, 0.15) is 0 Å². The van der Waals surface area contributed by atoms with Crippen LogP contribution in [0.3, 0.4) is 0 Å². The van der Waals surface area contributed by atoms with Crippen molar-refractivity contribution in [2.75, 3.05) is 25.5 Å². The molecule has 0 saturated carbocycles. The standard InChI is InChI=1S/C11H11BrClN3O2/c1-18-11(17)16-5-4-14-10(16)15-9-3-2-7(13)6-8(9)12/h2-3,6H,4-5H2,1H3,(H,14,15). The van der Waals surface area contributed by atoms with Crippen molar-refractivity contribution in [3.05, 3.63) is 27.7 Å². The van der Waals surface area contributed by atoms with E-state index in [1.807, 2.05) is 6.07 Å². The van der Waals surface area contributed by atoms with Crippen LogP contribution < -0.4 is 5.32 Å². The molecular formula is C11H11BrClN3O2. The minimum atomic E-state index is -0.427. The first-order valence-corrected chi connectivity index (χ1v) is 6.41. The summed E-state index contributed by atoms with van der Waals surface area (Å²) >= 11 is 9.25. The molecular weight excluding hydrogens is 321 g/mol. The smallest absolute Gasteiger partial charge is 0.416 e. The Morgan fingerprint density at radius 2 is 2.39 bits per heavy atom. The fourth-order valence-corrected chi connectivity index (χ4v) is 2.34. The zero-order valence-corrected chi connectivity index (χ0v) is 12.0. The molecule has 1 amide bonds. The number of carbonyl (C=O) groups is 1. The van der Waals surface area contributed by atoms with Crippen molar-refractivity contribution in [1.82, 2.24) is 4.90 Å². The van der Waals surface area contributed by atoms with E-state index in [1.54, 1.807) is 12.1 Å². The van der Waals surface area contributed by atoms with Crippen molar-refractivity contribution in [3.8, 4) is 0 Å². The zero-order chi connectivity index (χ0) is 13.1. The fraction of sp³-hybridized carbons (Fsp3) is 0.273. The van der Waals surface area contributed by atoms with Crippen molar-refractivity contribution >= 4 is 45.3 Å². The molecule has 7 heteroatoms. The van der Waals surface area contributed by atoms with Gasteiger partial charge in [0.2, 0.25) is 5.96 Å². The summed E-state index contributed by atoms with van der Waals surface area (Å²) in [7, 11) is 1.34. The van der Waals surface area contributed by atoms with Gasteiger partial charge in [-0.1, -0.05) is 11.6 Å². The summed E-state index contributed by atoms with van der Waals surface area (Å²) in [5.41, 5.74) is 0.786. The van der Waals surface area contributed by atoms with Crippen LogP contribution in [0.1, 0.15) is 0 Å². The molecule has 2 rings (SSSR count). The number of anilines is 1. The lowest BCUT2D eigenvalue weighted by Gasteiger charge is -2.18. The van der Waals surface area contributed by atoms with Gasteiger partial charge in [0, 0.05) is 9.50 Å². The second-order valence-corrected chi connectivity index (χ2v) is 4.87. The molecule has 1 aromatic carbocycles. The molecule has 0 fully saturated rings.